The number of aromatic nitrogens is 2. The zero-order valence-corrected chi connectivity index (χ0v) is 22.2. The van der Waals surface area contributed by atoms with Gasteiger partial charge in [0.25, 0.3) is 11.8 Å². The zero-order valence-electron chi connectivity index (χ0n) is 21.2. The van der Waals surface area contributed by atoms with Gasteiger partial charge in [-0.25, -0.2) is 9.48 Å². The number of anilines is 1. The fourth-order valence-corrected chi connectivity index (χ4v) is 5.16. The Hall–Kier alpha value is -2.98. The first kappa shape index (κ1) is 25.1. The Morgan fingerprint density at radius 1 is 1.11 bits per heavy atom. The van der Waals surface area contributed by atoms with Gasteiger partial charge in [0, 0.05) is 43.6 Å². The van der Waals surface area contributed by atoms with Crippen LogP contribution in [-0.4, -0.2) is 73.9 Å². The van der Waals surface area contributed by atoms with Crippen molar-refractivity contribution < 1.29 is 23.9 Å². The Morgan fingerprint density at radius 2 is 1.89 bits per heavy atom. The van der Waals surface area contributed by atoms with Crippen LogP contribution in [-0.2, 0) is 29.0 Å². The number of esters is 1. The molecule has 2 aliphatic heterocycles. The van der Waals surface area contributed by atoms with Gasteiger partial charge in [-0.15, -0.1) is 14.1 Å². The predicted molar refractivity (Wildman–Crippen MR) is 135 cm³/mol. The van der Waals surface area contributed by atoms with Gasteiger partial charge in [-0.3, -0.25) is 9.59 Å². The molecule has 0 unspecified atom stereocenters. The van der Waals surface area contributed by atoms with Crippen molar-refractivity contribution in [2.45, 2.75) is 52.2 Å². The molecule has 0 saturated heterocycles. The van der Waals surface area contributed by atoms with Crippen LogP contribution in [0, 0.1) is 0 Å². The van der Waals surface area contributed by atoms with Gasteiger partial charge in [0.2, 0.25) is 0 Å². The van der Waals surface area contributed by atoms with E-state index in [1.807, 2.05) is 12.1 Å². The van der Waals surface area contributed by atoms with E-state index in [4.69, 9.17) is 9.47 Å². The summed E-state index contributed by atoms with van der Waals surface area (Å²) in [7, 11) is 0.519. The van der Waals surface area contributed by atoms with E-state index in [0.717, 1.165) is 18.0 Å². The Balaban J connectivity index is 1.61. The molecule has 0 fully saturated rings. The number of carbonyl (C=O) groups is 3. The number of nitrogens with zero attached hydrogens (tertiary/aromatic N) is 4. The van der Waals surface area contributed by atoms with Crippen LogP contribution in [0.3, 0.4) is 0 Å². The quantitative estimate of drug-likeness (QED) is 0.315. The average Bonchev–Trinajstić information content (AvgIpc) is 3.18. The molecule has 35 heavy (non-hydrogen) atoms. The molecule has 189 valence electrons. The molecule has 0 aliphatic carbocycles. The van der Waals surface area contributed by atoms with Crippen LogP contribution >= 0.6 is 0 Å². The van der Waals surface area contributed by atoms with Crippen molar-refractivity contribution in [2.24, 2.45) is 0 Å². The van der Waals surface area contributed by atoms with E-state index in [-0.39, 0.29) is 36.5 Å². The summed E-state index contributed by atoms with van der Waals surface area (Å²) in [4.78, 5) is 42.3. The lowest BCUT2D eigenvalue weighted by molar-refractivity contribution is 0.0453. The molecule has 1 aromatic heterocycles. The number of hydrogen-bond acceptors (Lipinski definition) is 6. The molecule has 4 rings (SSSR count). The first-order chi connectivity index (χ1) is 16.6. The van der Waals surface area contributed by atoms with Crippen LogP contribution in [0.2, 0.25) is 25.7 Å². The molecule has 2 amide bonds. The SMILES string of the molecule is CCOC(=O)c1c2c(nn1COCC[Si-](C)(C)C)C(=O)N(c1ccc3c(c1)C(=O)N(C)CC3)CC2. The van der Waals surface area contributed by atoms with Crippen LogP contribution in [0.4, 0.5) is 5.69 Å². The highest BCUT2D eigenvalue weighted by molar-refractivity contribution is 6.76. The molecule has 9 nitrogen and oxygen atoms in total. The lowest BCUT2D eigenvalue weighted by Gasteiger charge is -2.29. The summed E-state index contributed by atoms with van der Waals surface area (Å²) in [5.41, 5.74) is 3.38. The van der Waals surface area contributed by atoms with Crippen LogP contribution in [0.1, 0.15) is 49.4 Å². The van der Waals surface area contributed by atoms with Gasteiger partial charge in [0.15, 0.2) is 11.4 Å². The normalized spacial score (nSPS) is 15.8. The molecule has 3 heterocycles. The van der Waals surface area contributed by atoms with E-state index in [0.29, 0.717) is 42.9 Å². The second-order valence-electron chi connectivity index (χ2n) is 10.3. The number of rotatable bonds is 8. The highest BCUT2D eigenvalue weighted by Gasteiger charge is 2.35. The van der Waals surface area contributed by atoms with Crippen molar-refractivity contribution >= 4 is 31.5 Å². The molecule has 0 atom stereocenters. The Bertz CT molecular complexity index is 1150. The van der Waals surface area contributed by atoms with Gasteiger partial charge in [0.1, 0.15) is 6.73 Å². The monoisotopic (exact) mass is 498 g/mol. The largest absolute Gasteiger partial charge is 0.461 e. The molecule has 0 spiro atoms. The molecule has 2 aliphatic rings. The maximum Gasteiger partial charge on any atom is 0.357 e. The lowest BCUT2D eigenvalue weighted by Crippen LogP contribution is -2.39. The fourth-order valence-electron chi connectivity index (χ4n) is 4.40. The van der Waals surface area contributed by atoms with E-state index in [2.05, 4.69) is 24.7 Å². The minimum atomic E-state index is -1.26. The zero-order chi connectivity index (χ0) is 25.3. The first-order valence-corrected chi connectivity index (χ1v) is 15.9. The minimum Gasteiger partial charge on any atom is -0.461 e. The lowest BCUT2D eigenvalue weighted by atomic mass is 9.97. The summed E-state index contributed by atoms with van der Waals surface area (Å²) < 4.78 is 12.6. The number of fused-ring (bicyclic) bond motifs is 2. The Labute approximate surface area is 207 Å². The number of benzene rings is 1. The molecular weight excluding hydrogens is 464 g/mol. The van der Waals surface area contributed by atoms with E-state index in [9.17, 15) is 14.4 Å². The maximum atomic E-state index is 13.5. The Kier molecular flexibility index (Phi) is 7.14. The summed E-state index contributed by atoms with van der Waals surface area (Å²) in [6.07, 6.45) is 1.25. The molecule has 0 bridgehead atoms. The summed E-state index contributed by atoms with van der Waals surface area (Å²) >= 11 is 0. The highest BCUT2D eigenvalue weighted by atomic mass is 28.3. The smallest absolute Gasteiger partial charge is 0.357 e. The van der Waals surface area contributed by atoms with Crippen molar-refractivity contribution in [1.29, 1.82) is 0 Å². The van der Waals surface area contributed by atoms with Gasteiger partial charge < -0.3 is 19.3 Å². The van der Waals surface area contributed by atoms with Gasteiger partial charge in [-0.1, -0.05) is 6.07 Å². The maximum absolute atomic E-state index is 13.5. The van der Waals surface area contributed by atoms with Crippen LogP contribution in [0.25, 0.3) is 0 Å². The fraction of sp³-hybridized carbons (Fsp3) is 0.520. The van der Waals surface area contributed by atoms with E-state index >= 15 is 0 Å². The average molecular weight is 499 g/mol. The van der Waals surface area contributed by atoms with Crippen molar-refractivity contribution in [3.8, 4) is 0 Å². The molecule has 0 saturated carbocycles. The minimum absolute atomic E-state index is 0.0393. The number of hydrogen-bond donors (Lipinski definition) is 0. The van der Waals surface area contributed by atoms with Gasteiger partial charge in [-0.2, -0.15) is 24.7 Å². The second kappa shape index (κ2) is 9.94. The van der Waals surface area contributed by atoms with Gasteiger partial charge in [0.05, 0.1) is 6.61 Å². The Morgan fingerprint density at radius 3 is 2.60 bits per heavy atom. The second-order valence-corrected chi connectivity index (χ2v) is 15.9. The summed E-state index contributed by atoms with van der Waals surface area (Å²) in [5.74, 6) is -0.837. The number of amides is 2. The molecular formula is C25H34N4O5Si-. The third-order valence-corrected chi connectivity index (χ3v) is 8.17. The predicted octanol–water partition coefficient (Wildman–Crippen LogP) is 3.20. The topological polar surface area (TPSA) is 94.0 Å². The summed E-state index contributed by atoms with van der Waals surface area (Å²) in [6, 6.07) is 6.58. The third-order valence-electron chi connectivity index (χ3n) is 6.46. The molecule has 10 heteroatoms. The van der Waals surface area contributed by atoms with Gasteiger partial charge >= 0.3 is 5.97 Å². The van der Waals surface area contributed by atoms with Gasteiger partial charge in [-0.05, 0) is 37.5 Å². The van der Waals surface area contributed by atoms with E-state index in [1.54, 1.807) is 29.8 Å². The molecule has 2 aromatic rings. The van der Waals surface area contributed by atoms with E-state index < -0.39 is 14.0 Å². The van der Waals surface area contributed by atoms with Crippen LogP contribution in [0.15, 0.2) is 18.2 Å². The molecule has 0 N–H and O–H groups in total. The van der Waals surface area contributed by atoms with Crippen molar-refractivity contribution in [3.05, 3.63) is 46.3 Å². The molecule has 1 aromatic carbocycles. The van der Waals surface area contributed by atoms with E-state index in [1.165, 1.54) is 4.68 Å². The van der Waals surface area contributed by atoms with Crippen LogP contribution in [0.5, 0.6) is 0 Å². The third kappa shape index (κ3) is 5.18. The van der Waals surface area contributed by atoms with Crippen molar-refractivity contribution in [3.63, 3.8) is 0 Å². The van der Waals surface area contributed by atoms with Crippen molar-refractivity contribution in [2.75, 3.05) is 38.3 Å². The number of carbonyl (C=O) groups excluding carboxylic acids is 3. The number of ether oxygens (including phenoxy) is 2. The van der Waals surface area contributed by atoms with Crippen molar-refractivity contribution in [1.82, 2.24) is 14.7 Å². The summed E-state index contributed by atoms with van der Waals surface area (Å²) in [6.45, 7) is 10.5. The summed E-state index contributed by atoms with van der Waals surface area (Å²) in [5, 5.41) is 4.50. The van der Waals surface area contributed by atoms with Crippen LogP contribution < -0.4 is 4.90 Å². The number of likely N-dealkylation sites (N-methyl/N-ethyl adjacent to an activating group) is 1. The standard InChI is InChI=1S/C25H34N4O5Si/c1-6-34-25(32)22-19-10-12-28(18-8-7-17-9-11-27(2)23(30)20(17)15-18)24(31)21(19)26-29(22)16-33-13-14-35(3,4)5/h7-8,15H,6,9-14,16H2,1-5H3/q-1. The highest BCUT2D eigenvalue weighted by Crippen LogP contribution is 2.30. The first-order valence-electron chi connectivity index (χ1n) is 12.2. The molecule has 0 radical (unpaired) electrons.